The van der Waals surface area contributed by atoms with Crippen LogP contribution in [0.1, 0.15) is 11.1 Å². The van der Waals surface area contributed by atoms with Crippen molar-refractivity contribution in [3.63, 3.8) is 0 Å². The predicted octanol–water partition coefficient (Wildman–Crippen LogP) is 3.01. The Bertz CT molecular complexity index is 954. The zero-order valence-corrected chi connectivity index (χ0v) is 17.5. The van der Waals surface area contributed by atoms with Gasteiger partial charge in [-0.2, -0.15) is 0 Å². The number of nitro benzene ring substituents is 2. The topological polar surface area (TPSA) is 105 Å². The van der Waals surface area contributed by atoms with E-state index in [1.807, 2.05) is 30.3 Å². The molecule has 0 atom stereocenters. The van der Waals surface area contributed by atoms with Crippen LogP contribution in [0.15, 0.2) is 78.9 Å². The van der Waals surface area contributed by atoms with Gasteiger partial charge in [-0.1, -0.05) is 59.8 Å². The summed E-state index contributed by atoms with van der Waals surface area (Å²) >= 11 is 0. The lowest BCUT2D eigenvalue weighted by atomic mass is 10.2. The minimum atomic E-state index is -1.08. The molecule has 0 heterocycles. The summed E-state index contributed by atoms with van der Waals surface area (Å²) in [6, 6.07) is 22.5. The summed E-state index contributed by atoms with van der Waals surface area (Å²) < 4.78 is 11.8. The number of para-hydroxylation sites is 2. The molecule has 9 heteroatoms. The Morgan fingerprint density at radius 1 is 0.700 bits per heavy atom. The molecular formula is C21H20N2O6Si. The third kappa shape index (κ3) is 5.80. The van der Waals surface area contributed by atoms with Crippen LogP contribution >= 0.6 is 0 Å². The van der Waals surface area contributed by atoms with Crippen molar-refractivity contribution < 1.29 is 19.3 Å². The first kappa shape index (κ1) is 21.3. The molecule has 154 valence electrons. The van der Waals surface area contributed by atoms with Gasteiger partial charge in [0.15, 0.2) is 0 Å². The van der Waals surface area contributed by atoms with Crippen LogP contribution in [0.3, 0.4) is 0 Å². The van der Waals surface area contributed by atoms with Crippen LogP contribution in [0.5, 0.6) is 0 Å². The Morgan fingerprint density at radius 3 is 1.60 bits per heavy atom. The smallest absolute Gasteiger partial charge is 0.274 e. The van der Waals surface area contributed by atoms with Gasteiger partial charge in [0.1, 0.15) is 15.4 Å². The Kier molecular flexibility index (Phi) is 7.38. The molecule has 0 N–H and O–H groups in total. The van der Waals surface area contributed by atoms with Gasteiger partial charge < -0.3 is 9.47 Å². The van der Waals surface area contributed by atoms with Crippen molar-refractivity contribution in [2.45, 2.75) is 19.1 Å². The highest BCUT2D eigenvalue weighted by Crippen LogP contribution is 2.21. The van der Waals surface area contributed by atoms with Gasteiger partial charge in [0.05, 0.1) is 34.2 Å². The van der Waals surface area contributed by atoms with E-state index in [9.17, 15) is 20.2 Å². The van der Waals surface area contributed by atoms with Crippen LogP contribution in [0.25, 0.3) is 0 Å². The number of nitro groups is 2. The molecular weight excluding hydrogens is 404 g/mol. The van der Waals surface area contributed by atoms with Gasteiger partial charge >= 0.3 is 0 Å². The molecule has 0 radical (unpaired) electrons. The van der Waals surface area contributed by atoms with Crippen molar-refractivity contribution in [2.24, 2.45) is 0 Å². The highest BCUT2D eigenvalue weighted by Gasteiger charge is 2.19. The third-order valence-electron chi connectivity index (χ3n) is 4.47. The predicted molar refractivity (Wildman–Crippen MR) is 114 cm³/mol. The fourth-order valence-electron chi connectivity index (χ4n) is 2.96. The van der Waals surface area contributed by atoms with Crippen LogP contribution in [-0.2, 0) is 22.7 Å². The zero-order valence-electron chi connectivity index (χ0n) is 16.0. The Morgan fingerprint density at radius 2 is 1.13 bits per heavy atom. The van der Waals surface area contributed by atoms with Crippen molar-refractivity contribution in [3.05, 3.63) is 110 Å². The minimum absolute atomic E-state index is 0.0124. The Balaban J connectivity index is 1.74. The summed E-state index contributed by atoms with van der Waals surface area (Å²) in [5.41, 5.74) is 0.861. The second kappa shape index (κ2) is 10.4. The van der Waals surface area contributed by atoms with Crippen molar-refractivity contribution in [2.75, 3.05) is 0 Å². The first-order chi connectivity index (χ1) is 14.5. The van der Waals surface area contributed by atoms with Crippen LogP contribution in [-0.4, -0.2) is 25.3 Å². The summed E-state index contributed by atoms with van der Waals surface area (Å²) in [6.07, 6.45) is 0. The molecule has 0 saturated heterocycles. The summed E-state index contributed by atoms with van der Waals surface area (Å²) in [4.78, 5) is 21.6. The molecule has 3 aromatic rings. The molecule has 0 saturated carbocycles. The standard InChI is InChI=1S/C21H20N2O6Si/c24-22(25)19-12-6-4-8-16(19)14-28-21(30-18-10-2-1-3-11-18)29-15-17-9-5-7-13-20(17)23(26)27/h1-13,21H,14-15,30H2. The quantitative estimate of drug-likeness (QED) is 0.214. The summed E-state index contributed by atoms with van der Waals surface area (Å²) in [6.45, 7) is 0.0249. The summed E-state index contributed by atoms with van der Waals surface area (Å²) in [5.74, 6) is -0.605. The second-order valence-corrected chi connectivity index (χ2v) is 8.40. The normalized spacial score (nSPS) is 11.2. The van der Waals surface area contributed by atoms with E-state index in [4.69, 9.17) is 9.47 Å². The van der Waals surface area contributed by atoms with E-state index in [0.29, 0.717) is 11.1 Å². The fraction of sp³-hybridized carbons (Fsp3) is 0.143. The number of benzene rings is 3. The van der Waals surface area contributed by atoms with Gasteiger partial charge in [0, 0.05) is 12.1 Å². The van der Waals surface area contributed by atoms with E-state index in [-0.39, 0.29) is 24.6 Å². The van der Waals surface area contributed by atoms with Crippen molar-refractivity contribution >= 4 is 26.1 Å². The van der Waals surface area contributed by atoms with E-state index < -0.39 is 25.3 Å². The maximum Gasteiger partial charge on any atom is 0.274 e. The molecule has 0 bridgehead atoms. The molecule has 0 aliphatic carbocycles. The number of ether oxygens (including phenoxy) is 2. The first-order valence-corrected chi connectivity index (χ1v) is 10.8. The third-order valence-corrected chi connectivity index (χ3v) is 6.22. The Hall–Kier alpha value is -3.40. The molecule has 30 heavy (non-hydrogen) atoms. The summed E-state index contributed by atoms with van der Waals surface area (Å²) in [5, 5.41) is 23.6. The highest BCUT2D eigenvalue weighted by atomic mass is 28.2. The van der Waals surface area contributed by atoms with Gasteiger partial charge in [0.2, 0.25) is 0 Å². The van der Waals surface area contributed by atoms with Crippen LogP contribution in [0.2, 0.25) is 0 Å². The number of nitrogens with zero attached hydrogens (tertiary/aromatic N) is 2. The lowest BCUT2D eigenvalue weighted by Gasteiger charge is -2.19. The van der Waals surface area contributed by atoms with E-state index in [1.165, 1.54) is 12.1 Å². The van der Waals surface area contributed by atoms with E-state index in [1.54, 1.807) is 36.4 Å². The number of rotatable bonds is 10. The summed E-state index contributed by atoms with van der Waals surface area (Å²) in [7, 11) is -1.08. The van der Waals surface area contributed by atoms with E-state index in [2.05, 4.69) is 0 Å². The van der Waals surface area contributed by atoms with E-state index in [0.717, 1.165) is 5.19 Å². The van der Waals surface area contributed by atoms with Crippen molar-refractivity contribution in [3.8, 4) is 0 Å². The maximum absolute atomic E-state index is 11.2. The van der Waals surface area contributed by atoms with Gasteiger partial charge in [0.25, 0.3) is 11.4 Å². The second-order valence-electron chi connectivity index (χ2n) is 6.51. The molecule has 8 nitrogen and oxygen atoms in total. The first-order valence-electron chi connectivity index (χ1n) is 9.26. The largest absolute Gasteiger partial charge is 0.352 e. The van der Waals surface area contributed by atoms with Crippen molar-refractivity contribution in [1.82, 2.24) is 0 Å². The molecule has 0 aliphatic rings. The van der Waals surface area contributed by atoms with E-state index >= 15 is 0 Å². The molecule has 0 aliphatic heterocycles. The minimum Gasteiger partial charge on any atom is -0.352 e. The average molecular weight is 424 g/mol. The zero-order chi connectivity index (χ0) is 21.3. The molecule has 3 rings (SSSR count). The van der Waals surface area contributed by atoms with Crippen LogP contribution in [0, 0.1) is 20.2 Å². The van der Waals surface area contributed by atoms with Crippen LogP contribution in [0.4, 0.5) is 11.4 Å². The number of hydrogen-bond donors (Lipinski definition) is 0. The van der Waals surface area contributed by atoms with Gasteiger partial charge in [-0.05, 0) is 12.1 Å². The molecule has 0 unspecified atom stereocenters. The Labute approximate surface area is 175 Å². The lowest BCUT2D eigenvalue weighted by molar-refractivity contribution is -0.386. The highest BCUT2D eigenvalue weighted by molar-refractivity contribution is 6.54. The van der Waals surface area contributed by atoms with Crippen LogP contribution < -0.4 is 5.19 Å². The van der Waals surface area contributed by atoms with Gasteiger partial charge in [-0.3, -0.25) is 20.2 Å². The molecule has 0 aromatic heterocycles. The monoisotopic (exact) mass is 424 g/mol. The average Bonchev–Trinajstić information content (AvgIpc) is 2.76. The maximum atomic E-state index is 11.2. The lowest BCUT2D eigenvalue weighted by Crippen LogP contribution is -2.32. The SMILES string of the molecule is O=[N+]([O-])c1ccccc1COC(OCc1ccccc1[N+](=O)[O-])[SiH2]c1ccccc1. The molecule has 0 fully saturated rings. The number of hydrogen-bond acceptors (Lipinski definition) is 6. The molecule has 0 amide bonds. The van der Waals surface area contributed by atoms with Gasteiger partial charge in [-0.25, -0.2) is 0 Å². The fourth-order valence-corrected chi connectivity index (χ4v) is 4.36. The molecule has 0 spiro atoms. The van der Waals surface area contributed by atoms with Gasteiger partial charge in [-0.15, -0.1) is 0 Å². The molecule has 3 aromatic carbocycles. The van der Waals surface area contributed by atoms with Crippen molar-refractivity contribution in [1.29, 1.82) is 0 Å².